The molecule has 0 aromatic carbocycles. The smallest absolute Gasteiger partial charge is 0.191 e. The van der Waals surface area contributed by atoms with Crippen LogP contribution in [0.5, 0.6) is 0 Å². The van der Waals surface area contributed by atoms with E-state index in [0.29, 0.717) is 12.6 Å². The van der Waals surface area contributed by atoms with Crippen molar-refractivity contribution in [3.63, 3.8) is 0 Å². The number of nitrogens with zero attached hydrogens (tertiary/aromatic N) is 5. The summed E-state index contributed by atoms with van der Waals surface area (Å²) in [6.45, 7) is 7.52. The van der Waals surface area contributed by atoms with Crippen LogP contribution in [0.4, 0.5) is 0 Å². The molecule has 166 valence electrons. The molecule has 0 atom stereocenters. The Balaban J connectivity index is 1.52. The van der Waals surface area contributed by atoms with Crippen LogP contribution in [-0.4, -0.2) is 71.6 Å². The lowest BCUT2D eigenvalue weighted by atomic mass is 10.1. The zero-order chi connectivity index (χ0) is 21.2. The molecule has 3 rings (SSSR count). The van der Waals surface area contributed by atoms with Crippen LogP contribution in [0.3, 0.4) is 0 Å². The number of ether oxygens (including phenoxy) is 1. The van der Waals surface area contributed by atoms with E-state index in [0.717, 1.165) is 76.1 Å². The maximum Gasteiger partial charge on any atom is 0.191 e. The molecule has 1 aliphatic heterocycles. The molecule has 0 spiro atoms. The largest absolute Gasteiger partial charge is 0.385 e. The van der Waals surface area contributed by atoms with Gasteiger partial charge in [0, 0.05) is 57.9 Å². The summed E-state index contributed by atoms with van der Waals surface area (Å²) in [5.74, 6) is 2.64. The molecule has 0 aliphatic carbocycles. The summed E-state index contributed by atoms with van der Waals surface area (Å²) in [4.78, 5) is 8.72. The second kappa shape index (κ2) is 12.0. The molecule has 3 heterocycles. The summed E-state index contributed by atoms with van der Waals surface area (Å²) in [5, 5.41) is 17.7. The lowest BCUT2D eigenvalue weighted by Gasteiger charge is -2.33. The van der Waals surface area contributed by atoms with Gasteiger partial charge in [0.25, 0.3) is 0 Å². The normalized spacial score (nSPS) is 16.2. The molecule has 0 unspecified atom stereocenters. The summed E-state index contributed by atoms with van der Waals surface area (Å²) in [5.41, 5.74) is 0. The fourth-order valence-corrected chi connectivity index (χ4v) is 4.29. The number of hydrogen-bond donors (Lipinski definition) is 2. The van der Waals surface area contributed by atoms with E-state index in [1.54, 1.807) is 18.4 Å². The zero-order valence-corrected chi connectivity index (χ0v) is 19.2. The highest BCUT2D eigenvalue weighted by Gasteiger charge is 2.20. The maximum atomic E-state index is 5.17. The number of thiophene rings is 1. The highest BCUT2D eigenvalue weighted by atomic mass is 32.1. The van der Waals surface area contributed by atoms with Crippen LogP contribution in [0.25, 0.3) is 0 Å². The van der Waals surface area contributed by atoms with E-state index in [1.165, 1.54) is 4.88 Å². The molecule has 0 bridgehead atoms. The predicted molar refractivity (Wildman–Crippen MR) is 122 cm³/mol. The van der Waals surface area contributed by atoms with E-state index in [1.807, 2.05) is 18.5 Å². The summed E-state index contributed by atoms with van der Waals surface area (Å²) in [6.07, 6.45) is 4.35. The van der Waals surface area contributed by atoms with Gasteiger partial charge in [-0.1, -0.05) is 6.07 Å². The monoisotopic (exact) mass is 433 g/mol. The van der Waals surface area contributed by atoms with E-state index < -0.39 is 0 Å². The van der Waals surface area contributed by atoms with Gasteiger partial charge in [0.15, 0.2) is 11.8 Å². The molecular formula is C21H35N7OS. The first-order valence-corrected chi connectivity index (χ1v) is 11.7. The standard InChI is InChI=1S/C21H35N7OS/c1-17-25-26-20(27(17)2)16-23-21(22-10-7-19-6-4-15-30-19)24-18-8-12-28(13-9-18)11-5-14-29-3/h4,6,15,18H,5,7-14,16H2,1-3H3,(H2,22,23,24). The van der Waals surface area contributed by atoms with Gasteiger partial charge in [-0.25, -0.2) is 4.99 Å². The molecule has 9 heteroatoms. The summed E-state index contributed by atoms with van der Waals surface area (Å²) < 4.78 is 7.16. The van der Waals surface area contributed by atoms with Crippen LogP contribution in [0.2, 0.25) is 0 Å². The molecule has 8 nitrogen and oxygen atoms in total. The van der Waals surface area contributed by atoms with Crippen LogP contribution < -0.4 is 10.6 Å². The second-order valence-corrected chi connectivity index (χ2v) is 8.78. The first-order valence-electron chi connectivity index (χ1n) is 10.8. The average Bonchev–Trinajstić information content (AvgIpc) is 3.38. The summed E-state index contributed by atoms with van der Waals surface area (Å²) >= 11 is 1.80. The van der Waals surface area contributed by atoms with Crippen molar-refractivity contribution >= 4 is 17.3 Å². The van der Waals surface area contributed by atoms with Crippen LogP contribution in [-0.2, 0) is 24.8 Å². The second-order valence-electron chi connectivity index (χ2n) is 7.75. The molecule has 2 N–H and O–H groups in total. The number of rotatable bonds is 10. The van der Waals surface area contributed by atoms with Crippen LogP contribution >= 0.6 is 11.3 Å². The highest BCUT2D eigenvalue weighted by molar-refractivity contribution is 7.09. The Morgan fingerprint density at radius 1 is 1.33 bits per heavy atom. The van der Waals surface area contributed by atoms with E-state index in [-0.39, 0.29) is 0 Å². The lowest BCUT2D eigenvalue weighted by Crippen LogP contribution is -2.49. The minimum absolute atomic E-state index is 0.442. The topological polar surface area (TPSA) is 79.6 Å². The quantitative estimate of drug-likeness (QED) is 0.339. The lowest BCUT2D eigenvalue weighted by molar-refractivity contribution is 0.155. The van der Waals surface area contributed by atoms with E-state index in [9.17, 15) is 0 Å². The molecular weight excluding hydrogens is 398 g/mol. The van der Waals surface area contributed by atoms with Gasteiger partial charge in [-0.2, -0.15) is 0 Å². The van der Waals surface area contributed by atoms with Crippen LogP contribution in [0, 0.1) is 6.92 Å². The number of guanidine groups is 1. The van der Waals surface area contributed by atoms with Crippen molar-refractivity contribution in [3.05, 3.63) is 34.0 Å². The van der Waals surface area contributed by atoms with E-state index in [2.05, 4.69) is 43.2 Å². The van der Waals surface area contributed by atoms with Gasteiger partial charge >= 0.3 is 0 Å². The van der Waals surface area contributed by atoms with Crippen molar-refractivity contribution in [2.45, 2.75) is 45.2 Å². The Labute approximate surface area is 183 Å². The number of aromatic nitrogens is 3. The van der Waals surface area contributed by atoms with Crippen molar-refractivity contribution in [3.8, 4) is 0 Å². The molecule has 0 radical (unpaired) electrons. The van der Waals surface area contributed by atoms with Crippen molar-refractivity contribution in [2.75, 3.05) is 39.9 Å². The van der Waals surface area contributed by atoms with Crippen molar-refractivity contribution in [2.24, 2.45) is 12.0 Å². The maximum absolute atomic E-state index is 5.17. The van der Waals surface area contributed by atoms with Gasteiger partial charge in [0.1, 0.15) is 12.4 Å². The molecule has 30 heavy (non-hydrogen) atoms. The number of hydrogen-bond acceptors (Lipinski definition) is 6. The average molecular weight is 434 g/mol. The molecule has 2 aromatic rings. The van der Waals surface area contributed by atoms with Gasteiger partial charge in [-0.05, 0) is 44.1 Å². The number of methoxy groups -OCH3 is 1. The van der Waals surface area contributed by atoms with Gasteiger partial charge in [0.05, 0.1) is 0 Å². The van der Waals surface area contributed by atoms with Crippen LogP contribution in [0.15, 0.2) is 22.5 Å². The Kier molecular flexibility index (Phi) is 9.10. The number of aryl methyl sites for hydroxylation is 1. The fraction of sp³-hybridized carbons (Fsp3) is 0.667. The molecule has 2 aromatic heterocycles. The van der Waals surface area contributed by atoms with E-state index >= 15 is 0 Å². The number of nitrogens with one attached hydrogen (secondary N) is 2. The molecule has 1 saturated heterocycles. The Morgan fingerprint density at radius 2 is 2.17 bits per heavy atom. The Bertz CT molecular complexity index is 766. The number of likely N-dealkylation sites (tertiary alicyclic amines) is 1. The zero-order valence-electron chi connectivity index (χ0n) is 18.4. The van der Waals surface area contributed by atoms with Gasteiger partial charge in [0.2, 0.25) is 0 Å². The third kappa shape index (κ3) is 7.07. The van der Waals surface area contributed by atoms with Gasteiger partial charge in [-0.15, -0.1) is 21.5 Å². The minimum atomic E-state index is 0.442. The van der Waals surface area contributed by atoms with Crippen molar-refractivity contribution in [1.29, 1.82) is 0 Å². The number of piperidine rings is 1. The summed E-state index contributed by atoms with van der Waals surface area (Å²) in [7, 11) is 3.75. The van der Waals surface area contributed by atoms with Gasteiger partial charge in [-0.3, -0.25) is 0 Å². The molecule has 0 saturated carbocycles. The third-order valence-corrected chi connectivity index (χ3v) is 6.49. The Hall–Kier alpha value is -1.97. The van der Waals surface area contributed by atoms with E-state index in [4.69, 9.17) is 9.73 Å². The molecule has 1 fully saturated rings. The predicted octanol–water partition coefficient (Wildman–Crippen LogP) is 1.96. The van der Waals surface area contributed by atoms with Gasteiger partial charge < -0.3 is 24.8 Å². The van der Waals surface area contributed by atoms with Crippen molar-refractivity contribution in [1.82, 2.24) is 30.3 Å². The Morgan fingerprint density at radius 3 is 2.83 bits per heavy atom. The minimum Gasteiger partial charge on any atom is -0.385 e. The fourth-order valence-electron chi connectivity index (χ4n) is 3.58. The summed E-state index contributed by atoms with van der Waals surface area (Å²) in [6, 6.07) is 4.72. The molecule has 1 aliphatic rings. The first kappa shape index (κ1) is 22.7. The van der Waals surface area contributed by atoms with Crippen molar-refractivity contribution < 1.29 is 4.74 Å². The SMILES string of the molecule is COCCCN1CCC(NC(=NCc2nnc(C)n2C)NCCc2cccs2)CC1. The highest BCUT2D eigenvalue weighted by Crippen LogP contribution is 2.11. The van der Waals surface area contributed by atoms with Crippen LogP contribution in [0.1, 0.15) is 35.8 Å². The first-order chi connectivity index (χ1) is 14.7. The number of aliphatic imine (C=N–C) groups is 1. The third-order valence-electron chi connectivity index (χ3n) is 5.56. The molecule has 0 amide bonds.